The van der Waals surface area contributed by atoms with Gasteiger partial charge in [0.1, 0.15) is 6.42 Å². The van der Waals surface area contributed by atoms with Gasteiger partial charge in [0.15, 0.2) is 11.5 Å². The zero-order valence-corrected chi connectivity index (χ0v) is 9.17. The first-order valence-electron chi connectivity index (χ1n) is 4.73. The Hall–Kier alpha value is -2.55. The van der Waals surface area contributed by atoms with E-state index in [-0.39, 0.29) is 12.2 Å². The first-order valence-corrected chi connectivity index (χ1v) is 4.73. The van der Waals surface area contributed by atoms with Crippen molar-refractivity contribution in [1.82, 2.24) is 5.43 Å². The van der Waals surface area contributed by atoms with Crippen molar-refractivity contribution >= 4 is 12.1 Å². The van der Waals surface area contributed by atoms with Crippen LogP contribution in [0.5, 0.6) is 11.5 Å². The van der Waals surface area contributed by atoms with E-state index in [1.54, 1.807) is 18.2 Å². The van der Waals surface area contributed by atoms with Crippen LogP contribution in [0.25, 0.3) is 0 Å². The van der Waals surface area contributed by atoms with E-state index in [4.69, 9.17) is 10.00 Å². The lowest BCUT2D eigenvalue weighted by atomic mass is 10.2. The molecule has 0 atom stereocenters. The topological polar surface area (TPSA) is 94.7 Å². The van der Waals surface area contributed by atoms with Gasteiger partial charge in [0.05, 0.1) is 19.4 Å². The number of nitrogens with zero attached hydrogens (tertiary/aromatic N) is 2. The summed E-state index contributed by atoms with van der Waals surface area (Å²) in [6.07, 6.45) is 1.11. The summed E-state index contributed by atoms with van der Waals surface area (Å²) in [5.41, 5.74) is 2.77. The van der Waals surface area contributed by atoms with Crippen molar-refractivity contribution in [3.8, 4) is 17.6 Å². The number of nitriles is 1. The molecule has 0 aliphatic heterocycles. The van der Waals surface area contributed by atoms with E-state index < -0.39 is 5.91 Å². The number of hydrogen-bond donors (Lipinski definition) is 2. The third kappa shape index (κ3) is 3.83. The molecule has 1 rings (SSSR count). The van der Waals surface area contributed by atoms with Gasteiger partial charge >= 0.3 is 0 Å². The lowest BCUT2D eigenvalue weighted by Crippen LogP contribution is -2.16. The fraction of sp³-hybridized carbons (Fsp3) is 0.182. The molecule has 0 saturated carbocycles. The molecule has 0 spiro atoms. The van der Waals surface area contributed by atoms with Crippen LogP contribution in [-0.4, -0.2) is 24.3 Å². The molecule has 1 aromatic rings. The van der Waals surface area contributed by atoms with E-state index >= 15 is 0 Å². The summed E-state index contributed by atoms with van der Waals surface area (Å²) in [4.78, 5) is 10.9. The highest BCUT2D eigenvalue weighted by atomic mass is 16.5. The van der Waals surface area contributed by atoms with Crippen LogP contribution in [0.15, 0.2) is 23.3 Å². The van der Waals surface area contributed by atoms with Crippen molar-refractivity contribution in [2.45, 2.75) is 6.42 Å². The zero-order chi connectivity index (χ0) is 12.7. The fourth-order valence-corrected chi connectivity index (χ4v) is 1.08. The molecule has 0 fully saturated rings. The molecule has 0 bridgehead atoms. The van der Waals surface area contributed by atoms with Gasteiger partial charge < -0.3 is 9.84 Å². The van der Waals surface area contributed by atoms with Gasteiger partial charge in [-0.05, 0) is 23.8 Å². The average Bonchev–Trinajstić information content (AvgIpc) is 2.29. The van der Waals surface area contributed by atoms with Crippen LogP contribution in [0.2, 0.25) is 0 Å². The number of ether oxygens (including phenoxy) is 1. The Labute approximate surface area is 98.1 Å². The fourth-order valence-electron chi connectivity index (χ4n) is 1.08. The largest absolute Gasteiger partial charge is 0.504 e. The second kappa shape index (κ2) is 6.12. The molecule has 17 heavy (non-hydrogen) atoms. The van der Waals surface area contributed by atoms with Gasteiger partial charge in [-0.3, -0.25) is 4.79 Å². The highest BCUT2D eigenvalue weighted by Gasteiger charge is 2.01. The zero-order valence-electron chi connectivity index (χ0n) is 9.17. The number of benzene rings is 1. The SMILES string of the molecule is COc1ccc(/C=N/NC(=O)CC#N)cc1O. The molecule has 88 valence electrons. The molecule has 0 aromatic heterocycles. The molecule has 0 radical (unpaired) electrons. The molecular formula is C11H11N3O3. The highest BCUT2D eigenvalue weighted by molar-refractivity contribution is 5.83. The second-order valence-electron chi connectivity index (χ2n) is 3.06. The molecule has 6 heteroatoms. The van der Waals surface area contributed by atoms with Crippen molar-refractivity contribution in [2.75, 3.05) is 7.11 Å². The van der Waals surface area contributed by atoms with E-state index in [1.807, 2.05) is 0 Å². The first kappa shape index (κ1) is 12.5. The standard InChI is InChI=1S/C11H11N3O3/c1-17-10-3-2-8(6-9(10)15)7-13-14-11(16)4-5-12/h2-3,6-7,15H,4H2,1H3,(H,14,16)/b13-7+. The van der Waals surface area contributed by atoms with E-state index in [2.05, 4.69) is 10.5 Å². The summed E-state index contributed by atoms with van der Waals surface area (Å²) in [6, 6.07) is 6.38. The van der Waals surface area contributed by atoms with Crippen LogP contribution >= 0.6 is 0 Å². The maximum absolute atomic E-state index is 10.9. The molecule has 0 heterocycles. The summed E-state index contributed by atoms with van der Waals surface area (Å²) in [5.74, 6) is -0.142. The van der Waals surface area contributed by atoms with Crippen LogP contribution in [0.1, 0.15) is 12.0 Å². The number of carbonyl (C=O) groups is 1. The second-order valence-corrected chi connectivity index (χ2v) is 3.06. The molecular weight excluding hydrogens is 222 g/mol. The Balaban J connectivity index is 2.63. The quantitative estimate of drug-likeness (QED) is 0.593. The van der Waals surface area contributed by atoms with Gasteiger partial charge in [-0.1, -0.05) is 0 Å². The van der Waals surface area contributed by atoms with E-state index in [0.29, 0.717) is 11.3 Å². The van der Waals surface area contributed by atoms with Crippen LogP contribution in [-0.2, 0) is 4.79 Å². The number of rotatable bonds is 4. The lowest BCUT2D eigenvalue weighted by molar-refractivity contribution is -0.120. The summed E-state index contributed by atoms with van der Waals surface area (Å²) >= 11 is 0. The van der Waals surface area contributed by atoms with Crippen LogP contribution in [0.4, 0.5) is 0 Å². The monoisotopic (exact) mass is 233 g/mol. The van der Waals surface area contributed by atoms with Gasteiger partial charge in [-0.15, -0.1) is 0 Å². The van der Waals surface area contributed by atoms with Crippen molar-refractivity contribution in [3.63, 3.8) is 0 Å². The molecule has 0 saturated heterocycles. The van der Waals surface area contributed by atoms with Gasteiger partial charge in [0.25, 0.3) is 5.91 Å². The Morgan fingerprint density at radius 2 is 2.47 bits per heavy atom. The minimum atomic E-state index is -0.485. The first-order chi connectivity index (χ1) is 8.17. The minimum absolute atomic E-state index is 0.0141. The summed E-state index contributed by atoms with van der Waals surface area (Å²) in [7, 11) is 1.45. The summed E-state index contributed by atoms with van der Waals surface area (Å²) in [5, 5.41) is 21.3. The van der Waals surface area contributed by atoms with E-state index in [9.17, 15) is 9.90 Å². The average molecular weight is 233 g/mol. The van der Waals surface area contributed by atoms with E-state index in [1.165, 1.54) is 19.4 Å². The number of phenols is 1. The van der Waals surface area contributed by atoms with Crippen LogP contribution in [0.3, 0.4) is 0 Å². The molecule has 2 N–H and O–H groups in total. The third-order valence-corrected chi connectivity index (χ3v) is 1.85. The van der Waals surface area contributed by atoms with Crippen LogP contribution in [0, 0.1) is 11.3 Å². The van der Waals surface area contributed by atoms with Crippen molar-refractivity contribution in [2.24, 2.45) is 5.10 Å². The number of amides is 1. The van der Waals surface area contributed by atoms with Gasteiger partial charge in [-0.25, -0.2) is 5.43 Å². The Bertz CT molecular complexity index is 477. The van der Waals surface area contributed by atoms with Crippen molar-refractivity contribution < 1.29 is 14.6 Å². The summed E-state index contributed by atoms with van der Waals surface area (Å²) in [6.45, 7) is 0. The number of nitrogens with one attached hydrogen (secondary N) is 1. The number of hydrazone groups is 1. The smallest absolute Gasteiger partial charge is 0.254 e. The number of carbonyl (C=O) groups excluding carboxylic acids is 1. The maximum Gasteiger partial charge on any atom is 0.254 e. The number of methoxy groups -OCH3 is 1. The minimum Gasteiger partial charge on any atom is -0.504 e. The Morgan fingerprint density at radius 1 is 1.71 bits per heavy atom. The highest BCUT2D eigenvalue weighted by Crippen LogP contribution is 2.25. The predicted molar refractivity (Wildman–Crippen MR) is 60.6 cm³/mol. The molecule has 1 aromatic carbocycles. The molecule has 0 aliphatic rings. The lowest BCUT2D eigenvalue weighted by Gasteiger charge is -2.02. The van der Waals surface area contributed by atoms with Crippen LogP contribution < -0.4 is 10.2 Å². The number of phenolic OH excluding ortho intramolecular Hbond substituents is 1. The normalized spacial score (nSPS) is 9.88. The van der Waals surface area contributed by atoms with Gasteiger partial charge in [0, 0.05) is 0 Å². The van der Waals surface area contributed by atoms with E-state index in [0.717, 1.165) is 0 Å². The Kier molecular flexibility index (Phi) is 4.51. The predicted octanol–water partition coefficient (Wildman–Crippen LogP) is 0.765. The molecule has 0 aliphatic carbocycles. The van der Waals surface area contributed by atoms with Gasteiger partial charge in [0.2, 0.25) is 0 Å². The summed E-state index contributed by atoms with van der Waals surface area (Å²) < 4.78 is 4.87. The third-order valence-electron chi connectivity index (χ3n) is 1.85. The number of hydrogen-bond acceptors (Lipinski definition) is 5. The van der Waals surface area contributed by atoms with Crippen molar-refractivity contribution in [1.29, 1.82) is 5.26 Å². The maximum atomic E-state index is 10.9. The Morgan fingerprint density at radius 3 is 3.06 bits per heavy atom. The van der Waals surface area contributed by atoms with Gasteiger partial charge in [-0.2, -0.15) is 10.4 Å². The molecule has 6 nitrogen and oxygen atoms in total. The number of aromatic hydroxyl groups is 1. The van der Waals surface area contributed by atoms with Crippen molar-refractivity contribution in [3.05, 3.63) is 23.8 Å². The molecule has 1 amide bonds. The molecule has 0 unspecified atom stereocenters.